The first kappa shape index (κ1) is 43.1. The summed E-state index contributed by atoms with van der Waals surface area (Å²) in [6.07, 6.45) is 9.29. The fourth-order valence-electron chi connectivity index (χ4n) is 6.21. The largest absolute Gasteiger partial charge is 0.493 e. The van der Waals surface area contributed by atoms with Gasteiger partial charge in [0.25, 0.3) is 0 Å². The van der Waals surface area contributed by atoms with E-state index in [4.69, 9.17) is 24.4 Å². The highest BCUT2D eigenvalue weighted by atomic mass is 16.6. The molecule has 0 bridgehead atoms. The molecule has 2 atom stereocenters. The van der Waals surface area contributed by atoms with Crippen LogP contribution in [0.2, 0.25) is 0 Å². The van der Waals surface area contributed by atoms with E-state index in [-0.39, 0.29) is 6.10 Å². The molecule has 3 aliphatic rings. The molecule has 2 aliphatic heterocycles. The zero-order valence-electron chi connectivity index (χ0n) is 32.4. The van der Waals surface area contributed by atoms with Crippen molar-refractivity contribution in [3.63, 3.8) is 0 Å². The number of likely N-dealkylation sites (tertiary alicyclic amines) is 1. The number of nitrogens with one attached hydrogen (secondary N) is 1. The van der Waals surface area contributed by atoms with E-state index in [1.165, 1.54) is 49.9 Å². The van der Waals surface area contributed by atoms with Gasteiger partial charge in [-0.3, -0.25) is 10.3 Å². The Morgan fingerprint density at radius 1 is 0.896 bits per heavy atom. The third-order valence-electron chi connectivity index (χ3n) is 8.86. The van der Waals surface area contributed by atoms with Gasteiger partial charge >= 0.3 is 0 Å². The predicted octanol–water partition coefficient (Wildman–Crippen LogP) is 10.4. The van der Waals surface area contributed by atoms with Crippen LogP contribution in [-0.2, 0) is 22.3 Å². The van der Waals surface area contributed by atoms with E-state index >= 15 is 0 Å². The third kappa shape index (κ3) is 12.2. The van der Waals surface area contributed by atoms with Crippen LogP contribution in [0.3, 0.4) is 0 Å². The van der Waals surface area contributed by atoms with Crippen LogP contribution in [0, 0.1) is 5.41 Å². The maximum atomic E-state index is 8.86. The molecule has 2 saturated heterocycles. The van der Waals surface area contributed by atoms with Crippen molar-refractivity contribution < 1.29 is 18.9 Å². The zero-order chi connectivity index (χ0) is 36.1. The third-order valence-corrected chi connectivity index (χ3v) is 8.86. The molecule has 0 spiro atoms. The first-order chi connectivity index (χ1) is 23.4. The molecule has 0 aromatic heterocycles. The van der Waals surface area contributed by atoms with Gasteiger partial charge in [-0.1, -0.05) is 80.2 Å². The quantitative estimate of drug-likeness (QED) is 0.164. The van der Waals surface area contributed by atoms with Crippen LogP contribution >= 0.6 is 0 Å². The van der Waals surface area contributed by atoms with E-state index in [9.17, 15) is 0 Å². The monoisotopic (exact) mass is 665 g/mol. The fraction of sp³-hybridized carbons (Fsp3) is 0.595. The summed E-state index contributed by atoms with van der Waals surface area (Å²) in [4.78, 5) is 2.73. The summed E-state index contributed by atoms with van der Waals surface area (Å²) in [5.41, 5.74) is 7.35. The summed E-state index contributed by atoms with van der Waals surface area (Å²) in [7, 11) is 1.62. The zero-order valence-corrected chi connectivity index (χ0v) is 32.4. The van der Waals surface area contributed by atoms with Crippen molar-refractivity contribution in [1.29, 1.82) is 5.41 Å². The lowest BCUT2D eigenvalue weighted by atomic mass is 9.90. The van der Waals surface area contributed by atoms with E-state index in [1.807, 2.05) is 86.6 Å². The van der Waals surface area contributed by atoms with Crippen molar-refractivity contribution in [3.8, 4) is 11.5 Å². The summed E-state index contributed by atoms with van der Waals surface area (Å²) in [6, 6.07) is 12.4. The molecule has 2 heterocycles. The second-order valence-electron chi connectivity index (χ2n) is 11.6. The molecule has 0 saturated carbocycles. The lowest BCUT2D eigenvalue weighted by Crippen LogP contribution is -2.44. The number of methoxy groups -OCH3 is 1. The number of aryl methyl sites for hydroxylation is 2. The first-order valence-electron chi connectivity index (χ1n) is 18.7. The molecule has 2 aromatic rings. The molecule has 270 valence electrons. The lowest BCUT2D eigenvalue weighted by Gasteiger charge is -2.38. The van der Waals surface area contributed by atoms with Crippen LogP contribution < -0.4 is 9.47 Å². The maximum Gasteiger partial charge on any atom is 0.161 e. The Kier molecular flexibility index (Phi) is 21.0. The van der Waals surface area contributed by atoms with Gasteiger partial charge in [-0.2, -0.15) is 0 Å². The lowest BCUT2D eigenvalue weighted by molar-refractivity contribution is -0.101. The van der Waals surface area contributed by atoms with Crippen molar-refractivity contribution in [2.75, 3.05) is 46.6 Å². The Balaban J connectivity index is 0.00000134. The van der Waals surface area contributed by atoms with E-state index in [0.717, 1.165) is 35.1 Å². The SMILES string of the molecule is C=C(/C=C(\C)C(=N)c1ccc(OCC2COCCO2)c(OC)c1)c1ccc2c(c1)CCC(C)(N1CCCC1)CC2.CC.CC.CC.CC. The highest BCUT2D eigenvalue weighted by Crippen LogP contribution is 2.35. The number of fused-ring (bicyclic) bond motifs is 1. The van der Waals surface area contributed by atoms with Crippen LogP contribution in [0.25, 0.3) is 5.57 Å². The molecule has 48 heavy (non-hydrogen) atoms. The van der Waals surface area contributed by atoms with Gasteiger partial charge in [0.1, 0.15) is 12.7 Å². The molecule has 1 aliphatic carbocycles. The van der Waals surface area contributed by atoms with Crippen LogP contribution in [0.15, 0.2) is 54.6 Å². The molecule has 2 fully saturated rings. The minimum absolute atomic E-state index is 0.0878. The van der Waals surface area contributed by atoms with Gasteiger partial charge in [0.2, 0.25) is 0 Å². The molecular formula is C42H68N2O4. The summed E-state index contributed by atoms with van der Waals surface area (Å²) in [6.45, 7) is 29.4. The standard InChI is InChI=1S/C34H44N2O4.4C2H6/c1-24(27-8-7-26-11-13-34(3,14-12-28(26)20-27)36-15-5-6-16-36)19-25(2)33(35)29-9-10-31(32(21-29)37-4)40-23-30-22-38-17-18-39-30;4*1-2/h7-10,19-21,30,35H,1,5-6,11-18,22-23H2,2-4H3;4*1-2H3/b25-19+,35-33?;;;;. The van der Waals surface area contributed by atoms with Crippen molar-refractivity contribution in [2.24, 2.45) is 0 Å². The maximum absolute atomic E-state index is 8.86. The average molecular weight is 665 g/mol. The average Bonchev–Trinajstić information content (AvgIpc) is 3.66. The molecule has 6 heteroatoms. The number of rotatable bonds is 9. The highest BCUT2D eigenvalue weighted by molar-refractivity contribution is 6.11. The molecule has 6 nitrogen and oxygen atoms in total. The predicted molar refractivity (Wildman–Crippen MR) is 206 cm³/mol. The summed E-state index contributed by atoms with van der Waals surface area (Å²) >= 11 is 0. The topological polar surface area (TPSA) is 64.0 Å². The number of nitrogens with zero attached hydrogens (tertiary/aromatic N) is 1. The fourth-order valence-corrected chi connectivity index (χ4v) is 6.21. The molecule has 0 radical (unpaired) electrons. The second-order valence-corrected chi connectivity index (χ2v) is 11.6. The van der Waals surface area contributed by atoms with E-state index < -0.39 is 0 Å². The number of hydrogen-bond donors (Lipinski definition) is 1. The normalized spacial score (nSPS) is 20.3. The Labute approximate surface area is 294 Å². The minimum Gasteiger partial charge on any atom is -0.493 e. The molecule has 1 N–H and O–H groups in total. The highest BCUT2D eigenvalue weighted by Gasteiger charge is 2.34. The Bertz CT molecular complexity index is 1260. The van der Waals surface area contributed by atoms with Gasteiger partial charge in [0.15, 0.2) is 11.5 Å². The van der Waals surface area contributed by atoms with Crippen molar-refractivity contribution in [1.82, 2.24) is 4.90 Å². The summed E-state index contributed by atoms with van der Waals surface area (Å²) in [5, 5.41) is 8.86. The van der Waals surface area contributed by atoms with Crippen molar-refractivity contribution in [3.05, 3.63) is 76.9 Å². The van der Waals surface area contributed by atoms with Gasteiger partial charge in [-0.05, 0) is 118 Å². The first-order valence-corrected chi connectivity index (χ1v) is 18.7. The second kappa shape index (κ2) is 23.4. The molecule has 0 amide bonds. The summed E-state index contributed by atoms with van der Waals surface area (Å²) < 4.78 is 22.6. The van der Waals surface area contributed by atoms with Crippen LogP contribution in [-0.4, -0.2) is 68.9 Å². The van der Waals surface area contributed by atoms with Gasteiger partial charge in [-0.15, -0.1) is 0 Å². The molecule has 2 unspecified atom stereocenters. The van der Waals surface area contributed by atoms with Crippen LogP contribution in [0.1, 0.15) is 117 Å². The Morgan fingerprint density at radius 3 is 2.12 bits per heavy atom. The van der Waals surface area contributed by atoms with Crippen molar-refractivity contribution in [2.45, 2.75) is 119 Å². The molecule has 2 aromatic carbocycles. The number of benzene rings is 2. The number of ether oxygens (including phenoxy) is 4. The van der Waals surface area contributed by atoms with Gasteiger partial charge < -0.3 is 18.9 Å². The van der Waals surface area contributed by atoms with Gasteiger partial charge in [0, 0.05) is 11.1 Å². The van der Waals surface area contributed by atoms with E-state index in [0.29, 0.717) is 49.2 Å². The summed E-state index contributed by atoms with van der Waals surface area (Å²) in [5.74, 6) is 1.22. The van der Waals surface area contributed by atoms with E-state index in [1.54, 1.807) is 7.11 Å². The van der Waals surface area contributed by atoms with Crippen LogP contribution in [0.4, 0.5) is 0 Å². The minimum atomic E-state index is -0.0878. The van der Waals surface area contributed by atoms with Gasteiger partial charge in [-0.25, -0.2) is 0 Å². The van der Waals surface area contributed by atoms with Crippen LogP contribution in [0.5, 0.6) is 11.5 Å². The van der Waals surface area contributed by atoms with E-state index in [2.05, 4.69) is 36.6 Å². The van der Waals surface area contributed by atoms with Gasteiger partial charge in [0.05, 0.1) is 32.6 Å². The molecular weight excluding hydrogens is 596 g/mol. The Morgan fingerprint density at radius 2 is 1.52 bits per heavy atom. The number of allylic oxidation sites excluding steroid dienone is 3. The number of hydrogen-bond acceptors (Lipinski definition) is 6. The smallest absolute Gasteiger partial charge is 0.161 e. The Hall–Kier alpha value is -2.93. The van der Waals surface area contributed by atoms with Crippen molar-refractivity contribution >= 4 is 11.3 Å². The molecule has 5 rings (SSSR count).